The SMILES string of the molecule is Cc1ccc(S(=O)(=O)N(CC(=O)N(Cc2cccc(Br)c2)C(Cc2ccccc2)C(=O)NC2CCCCC2)c2cccc(Cl)c2Cl)cc1. The van der Waals surface area contributed by atoms with Crippen LogP contribution in [-0.4, -0.2) is 43.8 Å². The zero-order chi connectivity index (χ0) is 34.3. The first-order valence-corrected chi connectivity index (χ1v) is 18.9. The molecule has 2 amide bonds. The Morgan fingerprint density at radius 1 is 0.875 bits per heavy atom. The Hall–Kier alpha value is -3.37. The number of halogens is 3. The topological polar surface area (TPSA) is 86.8 Å². The molecule has 48 heavy (non-hydrogen) atoms. The van der Waals surface area contributed by atoms with Gasteiger partial charge in [0.2, 0.25) is 11.8 Å². The molecule has 1 atom stereocenters. The smallest absolute Gasteiger partial charge is 0.264 e. The van der Waals surface area contributed by atoms with Gasteiger partial charge in [0.05, 0.1) is 20.6 Å². The lowest BCUT2D eigenvalue weighted by Crippen LogP contribution is -2.55. The van der Waals surface area contributed by atoms with E-state index in [1.165, 1.54) is 23.1 Å². The predicted molar refractivity (Wildman–Crippen MR) is 196 cm³/mol. The van der Waals surface area contributed by atoms with Crippen LogP contribution in [0.1, 0.15) is 48.8 Å². The van der Waals surface area contributed by atoms with E-state index in [2.05, 4.69) is 21.2 Å². The molecule has 252 valence electrons. The summed E-state index contributed by atoms with van der Waals surface area (Å²) in [6.07, 6.45) is 5.17. The van der Waals surface area contributed by atoms with E-state index >= 15 is 0 Å². The molecule has 0 heterocycles. The molecule has 1 fully saturated rings. The van der Waals surface area contributed by atoms with Crippen molar-refractivity contribution < 1.29 is 18.0 Å². The number of amides is 2. The van der Waals surface area contributed by atoms with Crippen molar-refractivity contribution in [1.82, 2.24) is 10.2 Å². The summed E-state index contributed by atoms with van der Waals surface area (Å²) in [5.41, 5.74) is 2.59. The van der Waals surface area contributed by atoms with Crippen molar-refractivity contribution in [3.05, 3.63) is 128 Å². The van der Waals surface area contributed by atoms with Gasteiger partial charge in [-0.2, -0.15) is 0 Å². The summed E-state index contributed by atoms with van der Waals surface area (Å²) in [6.45, 7) is 1.30. The number of nitrogens with zero attached hydrogens (tertiary/aromatic N) is 2. The third-order valence-electron chi connectivity index (χ3n) is 8.55. The zero-order valence-corrected chi connectivity index (χ0v) is 30.5. The minimum atomic E-state index is -4.31. The molecule has 11 heteroatoms. The maximum atomic E-state index is 14.7. The lowest BCUT2D eigenvalue weighted by Gasteiger charge is -2.35. The largest absolute Gasteiger partial charge is 0.352 e. The van der Waals surface area contributed by atoms with E-state index in [1.807, 2.05) is 61.5 Å². The average molecular weight is 772 g/mol. The molecule has 1 aliphatic rings. The number of rotatable bonds is 12. The normalized spacial score (nSPS) is 14.2. The molecule has 1 unspecified atom stereocenters. The highest BCUT2D eigenvalue weighted by molar-refractivity contribution is 9.10. The van der Waals surface area contributed by atoms with Crippen LogP contribution in [0.3, 0.4) is 0 Å². The molecule has 1 saturated carbocycles. The molecule has 0 aromatic heterocycles. The second kappa shape index (κ2) is 16.4. The van der Waals surface area contributed by atoms with E-state index in [-0.39, 0.29) is 45.5 Å². The van der Waals surface area contributed by atoms with Gasteiger partial charge in [-0.3, -0.25) is 13.9 Å². The van der Waals surface area contributed by atoms with Crippen molar-refractivity contribution in [3.8, 4) is 0 Å². The number of hydrogen-bond acceptors (Lipinski definition) is 4. The number of sulfonamides is 1. The van der Waals surface area contributed by atoms with Gasteiger partial charge in [-0.05, 0) is 67.3 Å². The standard InChI is InChI=1S/C37H38BrCl2N3O4S/c1-26-18-20-31(21-19-26)48(46,47)43(33-17-9-16-32(39)36(33)40)25-35(44)42(24-28-12-8-13-29(38)22-28)34(23-27-10-4-2-5-11-27)37(45)41-30-14-6-3-7-15-30/h2,4-5,8-13,16-22,30,34H,3,6-7,14-15,23-25H2,1H3,(H,41,45). The van der Waals surface area contributed by atoms with Gasteiger partial charge in [-0.25, -0.2) is 8.42 Å². The van der Waals surface area contributed by atoms with E-state index in [0.717, 1.165) is 57.6 Å². The van der Waals surface area contributed by atoms with Crippen molar-refractivity contribution in [3.63, 3.8) is 0 Å². The lowest BCUT2D eigenvalue weighted by molar-refractivity contribution is -0.140. The van der Waals surface area contributed by atoms with Crippen LogP contribution in [-0.2, 0) is 32.6 Å². The lowest BCUT2D eigenvalue weighted by atomic mass is 9.94. The number of nitrogens with one attached hydrogen (secondary N) is 1. The number of hydrogen-bond donors (Lipinski definition) is 1. The van der Waals surface area contributed by atoms with Crippen LogP contribution in [0.5, 0.6) is 0 Å². The van der Waals surface area contributed by atoms with E-state index in [0.29, 0.717) is 0 Å². The quantitative estimate of drug-likeness (QED) is 0.157. The number of carbonyl (C=O) groups excluding carboxylic acids is 2. The highest BCUT2D eigenvalue weighted by atomic mass is 79.9. The third kappa shape index (κ3) is 8.99. The number of aryl methyl sites for hydroxylation is 1. The molecular weight excluding hydrogens is 733 g/mol. The Labute approximate surface area is 301 Å². The maximum Gasteiger partial charge on any atom is 0.264 e. The van der Waals surface area contributed by atoms with Crippen LogP contribution in [0.15, 0.2) is 106 Å². The van der Waals surface area contributed by atoms with Crippen LogP contribution in [0, 0.1) is 6.92 Å². The maximum absolute atomic E-state index is 14.7. The first-order chi connectivity index (χ1) is 23.0. The molecule has 0 bridgehead atoms. The highest BCUT2D eigenvalue weighted by Crippen LogP contribution is 2.36. The second-order valence-electron chi connectivity index (χ2n) is 12.1. The Kier molecular flexibility index (Phi) is 12.2. The summed E-state index contributed by atoms with van der Waals surface area (Å²) in [6, 6.07) is 27.1. The predicted octanol–water partition coefficient (Wildman–Crippen LogP) is 8.35. The molecule has 0 aliphatic heterocycles. The fourth-order valence-electron chi connectivity index (χ4n) is 5.97. The number of benzene rings is 4. The minimum absolute atomic E-state index is 0.00271. The molecule has 1 aliphatic carbocycles. The summed E-state index contributed by atoms with van der Waals surface area (Å²) in [7, 11) is -4.31. The molecule has 1 N–H and O–H groups in total. The second-order valence-corrected chi connectivity index (χ2v) is 15.7. The third-order valence-corrected chi connectivity index (χ3v) is 11.6. The molecule has 5 rings (SSSR count). The Morgan fingerprint density at radius 2 is 1.54 bits per heavy atom. The Bertz CT molecular complexity index is 1840. The summed E-state index contributed by atoms with van der Waals surface area (Å²) in [5.74, 6) is -0.843. The molecule has 0 spiro atoms. The zero-order valence-electron chi connectivity index (χ0n) is 26.6. The van der Waals surface area contributed by atoms with Gasteiger partial charge in [-0.15, -0.1) is 0 Å². The summed E-state index contributed by atoms with van der Waals surface area (Å²) in [5, 5.41) is 3.36. The van der Waals surface area contributed by atoms with Gasteiger partial charge in [0.15, 0.2) is 0 Å². The van der Waals surface area contributed by atoms with Gasteiger partial charge in [0.25, 0.3) is 10.0 Å². The van der Waals surface area contributed by atoms with E-state index in [4.69, 9.17) is 23.2 Å². The number of carbonyl (C=O) groups is 2. The van der Waals surface area contributed by atoms with Gasteiger partial charge in [0, 0.05) is 23.5 Å². The summed E-state index contributed by atoms with van der Waals surface area (Å²) < 4.78 is 30.4. The van der Waals surface area contributed by atoms with Crippen molar-refractivity contribution in [2.45, 2.75) is 69.0 Å². The first-order valence-electron chi connectivity index (χ1n) is 15.9. The van der Waals surface area contributed by atoms with Crippen LogP contribution >= 0.6 is 39.1 Å². The van der Waals surface area contributed by atoms with Crippen LogP contribution in [0.4, 0.5) is 5.69 Å². The summed E-state index contributed by atoms with van der Waals surface area (Å²) >= 11 is 16.5. The van der Waals surface area contributed by atoms with Gasteiger partial charge >= 0.3 is 0 Å². The van der Waals surface area contributed by atoms with Crippen LogP contribution in [0.2, 0.25) is 10.0 Å². The van der Waals surface area contributed by atoms with Gasteiger partial charge in [0.1, 0.15) is 12.6 Å². The van der Waals surface area contributed by atoms with Gasteiger partial charge in [-0.1, -0.05) is 125 Å². The van der Waals surface area contributed by atoms with Crippen LogP contribution < -0.4 is 9.62 Å². The minimum Gasteiger partial charge on any atom is -0.352 e. The van der Waals surface area contributed by atoms with E-state index in [9.17, 15) is 18.0 Å². The molecule has 0 radical (unpaired) electrons. The fraction of sp³-hybridized carbons (Fsp3) is 0.297. The number of anilines is 1. The van der Waals surface area contributed by atoms with Crippen molar-refractivity contribution in [2.24, 2.45) is 0 Å². The summed E-state index contributed by atoms with van der Waals surface area (Å²) in [4.78, 5) is 30.4. The monoisotopic (exact) mass is 769 g/mol. The average Bonchev–Trinajstić information content (AvgIpc) is 3.07. The molecule has 4 aromatic carbocycles. The molecular formula is C37H38BrCl2N3O4S. The van der Waals surface area contributed by atoms with Crippen molar-refractivity contribution >= 4 is 66.7 Å². The molecule has 0 saturated heterocycles. The molecule has 7 nitrogen and oxygen atoms in total. The van der Waals surface area contributed by atoms with Crippen LogP contribution in [0.25, 0.3) is 0 Å². The van der Waals surface area contributed by atoms with Crippen molar-refractivity contribution in [1.29, 1.82) is 0 Å². The van der Waals surface area contributed by atoms with E-state index < -0.39 is 28.5 Å². The Morgan fingerprint density at radius 3 is 2.23 bits per heavy atom. The first kappa shape index (κ1) is 35.9. The molecule has 4 aromatic rings. The van der Waals surface area contributed by atoms with E-state index in [1.54, 1.807) is 24.3 Å². The Balaban J connectivity index is 1.59. The van der Waals surface area contributed by atoms with Gasteiger partial charge < -0.3 is 10.2 Å². The van der Waals surface area contributed by atoms with Crippen molar-refractivity contribution in [2.75, 3.05) is 10.8 Å². The fourth-order valence-corrected chi connectivity index (χ4v) is 8.29. The highest BCUT2D eigenvalue weighted by Gasteiger charge is 2.36.